The molecule has 0 aliphatic carbocycles. The van der Waals surface area contributed by atoms with E-state index in [4.69, 9.17) is 0 Å². The first-order valence-corrected chi connectivity index (χ1v) is 5.64. The first-order chi connectivity index (χ1) is 8.23. The number of carbonyl (C=O) groups excluding carboxylic acids is 1. The minimum Gasteiger partial charge on any atom is -0.351 e. The SMILES string of the molecule is C=Cc1cc(F)c(CC(=O)NC(C)(C)C)cc1F. The third-order valence-corrected chi connectivity index (χ3v) is 2.25. The van der Waals surface area contributed by atoms with E-state index in [-0.39, 0.29) is 23.5 Å². The van der Waals surface area contributed by atoms with Crippen LogP contribution in [-0.4, -0.2) is 11.4 Å². The normalized spacial score (nSPS) is 11.2. The fourth-order valence-corrected chi connectivity index (χ4v) is 1.53. The lowest BCUT2D eigenvalue weighted by Gasteiger charge is -2.20. The molecule has 1 amide bonds. The molecule has 1 aromatic rings. The number of amides is 1. The smallest absolute Gasteiger partial charge is 0.224 e. The molecule has 98 valence electrons. The maximum absolute atomic E-state index is 13.6. The molecule has 2 nitrogen and oxygen atoms in total. The molecule has 4 heteroatoms. The van der Waals surface area contributed by atoms with Gasteiger partial charge in [-0.3, -0.25) is 4.79 Å². The van der Waals surface area contributed by atoms with Crippen molar-refractivity contribution in [1.29, 1.82) is 0 Å². The molecule has 0 bridgehead atoms. The number of hydrogen-bond donors (Lipinski definition) is 1. The zero-order chi connectivity index (χ0) is 13.9. The summed E-state index contributed by atoms with van der Waals surface area (Å²) >= 11 is 0. The highest BCUT2D eigenvalue weighted by molar-refractivity contribution is 5.79. The summed E-state index contributed by atoms with van der Waals surface area (Å²) in [6, 6.07) is 2.08. The van der Waals surface area contributed by atoms with Crippen LogP contribution in [-0.2, 0) is 11.2 Å². The van der Waals surface area contributed by atoms with Crippen LogP contribution in [0.1, 0.15) is 31.9 Å². The van der Waals surface area contributed by atoms with Gasteiger partial charge < -0.3 is 5.32 Å². The molecule has 1 N–H and O–H groups in total. The first kappa shape index (κ1) is 14.4. The summed E-state index contributed by atoms with van der Waals surface area (Å²) in [5.74, 6) is -1.52. The maximum Gasteiger partial charge on any atom is 0.224 e. The van der Waals surface area contributed by atoms with Crippen molar-refractivity contribution >= 4 is 12.0 Å². The zero-order valence-corrected chi connectivity index (χ0v) is 10.8. The van der Waals surface area contributed by atoms with E-state index in [0.717, 1.165) is 12.1 Å². The first-order valence-electron chi connectivity index (χ1n) is 5.64. The van der Waals surface area contributed by atoms with Crippen LogP contribution in [0.15, 0.2) is 18.7 Å². The van der Waals surface area contributed by atoms with Gasteiger partial charge in [-0.2, -0.15) is 0 Å². The van der Waals surface area contributed by atoms with Gasteiger partial charge >= 0.3 is 0 Å². The van der Waals surface area contributed by atoms with E-state index in [9.17, 15) is 13.6 Å². The summed E-state index contributed by atoms with van der Waals surface area (Å²) in [6.45, 7) is 8.85. The van der Waals surface area contributed by atoms with Crippen molar-refractivity contribution in [2.45, 2.75) is 32.7 Å². The number of nitrogens with one attached hydrogen (secondary N) is 1. The number of carbonyl (C=O) groups is 1. The van der Waals surface area contributed by atoms with Crippen molar-refractivity contribution in [2.75, 3.05) is 0 Å². The second-order valence-electron chi connectivity index (χ2n) is 5.14. The Morgan fingerprint density at radius 2 is 1.94 bits per heavy atom. The van der Waals surface area contributed by atoms with Crippen molar-refractivity contribution in [3.8, 4) is 0 Å². The Morgan fingerprint density at radius 1 is 1.33 bits per heavy atom. The average molecular weight is 253 g/mol. The van der Waals surface area contributed by atoms with Gasteiger partial charge in [0, 0.05) is 16.7 Å². The zero-order valence-electron chi connectivity index (χ0n) is 10.8. The Balaban J connectivity index is 2.89. The summed E-state index contributed by atoms with van der Waals surface area (Å²) in [6.07, 6.45) is 1.05. The van der Waals surface area contributed by atoms with Crippen LogP contribution in [0.3, 0.4) is 0 Å². The van der Waals surface area contributed by atoms with E-state index in [2.05, 4.69) is 11.9 Å². The van der Waals surface area contributed by atoms with E-state index in [1.54, 1.807) is 0 Å². The van der Waals surface area contributed by atoms with E-state index >= 15 is 0 Å². The molecular weight excluding hydrogens is 236 g/mol. The minimum atomic E-state index is -0.602. The summed E-state index contributed by atoms with van der Waals surface area (Å²) in [7, 11) is 0. The quantitative estimate of drug-likeness (QED) is 0.881. The topological polar surface area (TPSA) is 29.1 Å². The van der Waals surface area contributed by atoms with Crippen LogP contribution in [0.4, 0.5) is 8.78 Å². The Hall–Kier alpha value is -1.71. The molecule has 1 aromatic carbocycles. The Bertz CT molecular complexity index is 475. The van der Waals surface area contributed by atoms with E-state index in [1.807, 2.05) is 20.8 Å². The van der Waals surface area contributed by atoms with E-state index in [0.29, 0.717) is 0 Å². The highest BCUT2D eigenvalue weighted by atomic mass is 19.1. The van der Waals surface area contributed by atoms with Crippen molar-refractivity contribution in [2.24, 2.45) is 0 Å². The van der Waals surface area contributed by atoms with Crippen LogP contribution >= 0.6 is 0 Å². The molecule has 0 aliphatic rings. The molecule has 0 heterocycles. The second-order valence-corrected chi connectivity index (χ2v) is 5.14. The molecule has 1 rings (SSSR count). The predicted octanol–water partition coefficient (Wildman–Crippen LogP) is 3.07. The molecule has 0 aliphatic heterocycles. The van der Waals surface area contributed by atoms with Gasteiger partial charge in [-0.15, -0.1) is 0 Å². The predicted molar refractivity (Wildman–Crippen MR) is 68.0 cm³/mol. The van der Waals surface area contributed by atoms with Gasteiger partial charge in [0.1, 0.15) is 11.6 Å². The average Bonchev–Trinajstić information content (AvgIpc) is 2.20. The Kier molecular flexibility index (Phi) is 4.22. The van der Waals surface area contributed by atoms with Crippen molar-refractivity contribution in [3.05, 3.63) is 41.5 Å². The molecule has 0 saturated heterocycles. The monoisotopic (exact) mass is 253 g/mol. The van der Waals surface area contributed by atoms with Crippen LogP contribution < -0.4 is 5.32 Å². The lowest BCUT2D eigenvalue weighted by Crippen LogP contribution is -2.41. The molecule has 0 aromatic heterocycles. The summed E-state index contributed by atoms with van der Waals surface area (Å²) < 4.78 is 27.1. The van der Waals surface area contributed by atoms with Gasteiger partial charge in [-0.1, -0.05) is 12.7 Å². The van der Waals surface area contributed by atoms with Gasteiger partial charge in [0.15, 0.2) is 0 Å². The number of rotatable bonds is 3. The molecule has 0 radical (unpaired) electrons. The highest BCUT2D eigenvalue weighted by Crippen LogP contribution is 2.16. The molecule has 0 saturated carbocycles. The Labute approximate surface area is 106 Å². The second kappa shape index (κ2) is 5.29. The summed E-state index contributed by atoms with van der Waals surface area (Å²) in [4.78, 5) is 11.6. The van der Waals surface area contributed by atoms with Crippen molar-refractivity contribution < 1.29 is 13.6 Å². The molecule has 0 atom stereocenters. The Morgan fingerprint density at radius 3 is 2.44 bits per heavy atom. The molecule has 0 unspecified atom stereocenters. The van der Waals surface area contributed by atoms with Crippen LogP contribution in [0.2, 0.25) is 0 Å². The van der Waals surface area contributed by atoms with Gasteiger partial charge in [0.25, 0.3) is 0 Å². The van der Waals surface area contributed by atoms with Crippen molar-refractivity contribution in [1.82, 2.24) is 5.32 Å². The number of halogens is 2. The minimum absolute atomic E-state index is 0.0415. The molecule has 0 spiro atoms. The van der Waals surface area contributed by atoms with Gasteiger partial charge in [-0.05, 0) is 32.9 Å². The third-order valence-electron chi connectivity index (χ3n) is 2.25. The fourth-order valence-electron chi connectivity index (χ4n) is 1.53. The van der Waals surface area contributed by atoms with Gasteiger partial charge in [0.05, 0.1) is 6.42 Å². The van der Waals surface area contributed by atoms with Crippen molar-refractivity contribution in [3.63, 3.8) is 0 Å². The largest absolute Gasteiger partial charge is 0.351 e. The lowest BCUT2D eigenvalue weighted by atomic mass is 10.0. The van der Waals surface area contributed by atoms with Crippen LogP contribution in [0.25, 0.3) is 6.08 Å². The van der Waals surface area contributed by atoms with E-state index < -0.39 is 17.2 Å². The van der Waals surface area contributed by atoms with E-state index in [1.165, 1.54) is 6.08 Å². The third kappa shape index (κ3) is 3.95. The molecular formula is C14H17F2NO. The standard InChI is InChI=1S/C14H17F2NO/c1-5-9-6-12(16)10(7-11(9)15)8-13(18)17-14(2,3)4/h5-7H,1,8H2,2-4H3,(H,17,18). The molecule has 18 heavy (non-hydrogen) atoms. The maximum atomic E-state index is 13.6. The van der Waals surface area contributed by atoms with Gasteiger partial charge in [0.2, 0.25) is 5.91 Å². The number of hydrogen-bond acceptors (Lipinski definition) is 1. The molecule has 0 fully saturated rings. The van der Waals surface area contributed by atoms with Crippen LogP contribution in [0, 0.1) is 11.6 Å². The number of benzene rings is 1. The van der Waals surface area contributed by atoms with Gasteiger partial charge in [-0.25, -0.2) is 8.78 Å². The van der Waals surface area contributed by atoms with Crippen LogP contribution in [0.5, 0.6) is 0 Å². The fraction of sp³-hybridized carbons (Fsp3) is 0.357. The summed E-state index contributed by atoms with van der Waals surface area (Å²) in [5, 5.41) is 2.69. The lowest BCUT2D eigenvalue weighted by molar-refractivity contribution is -0.121. The highest BCUT2D eigenvalue weighted by Gasteiger charge is 2.16. The summed E-state index contributed by atoms with van der Waals surface area (Å²) in [5.41, 5.74) is -0.264.